The summed E-state index contributed by atoms with van der Waals surface area (Å²) >= 11 is 1.73. The molecule has 1 aliphatic heterocycles. The summed E-state index contributed by atoms with van der Waals surface area (Å²) in [5.41, 5.74) is -0.577. The molecule has 2 aliphatic rings. The molecule has 1 heterocycles. The van der Waals surface area contributed by atoms with E-state index in [1.165, 1.54) is 6.42 Å². The van der Waals surface area contributed by atoms with E-state index in [2.05, 4.69) is 18.3 Å². The maximum absolute atomic E-state index is 12.1. The monoisotopic (exact) mass is 266 g/mol. The smallest absolute Gasteiger partial charge is 0.234 e. The van der Waals surface area contributed by atoms with Gasteiger partial charge in [0.25, 0.3) is 0 Å². The highest BCUT2D eigenvalue weighted by Gasteiger charge is 2.38. The first-order chi connectivity index (χ1) is 8.69. The second-order valence-corrected chi connectivity index (χ2v) is 6.85. The Kier molecular flexibility index (Phi) is 4.55. The SMILES string of the molecule is CCC1CCC(C#N)(NC(=O)C2CCCS2)CC1. The molecule has 1 saturated heterocycles. The van der Waals surface area contributed by atoms with E-state index in [4.69, 9.17) is 0 Å². The molecule has 2 fully saturated rings. The van der Waals surface area contributed by atoms with Crippen LogP contribution in [0.2, 0.25) is 0 Å². The number of thioether (sulfide) groups is 1. The molecule has 1 aliphatic carbocycles. The van der Waals surface area contributed by atoms with E-state index in [9.17, 15) is 10.1 Å². The first kappa shape index (κ1) is 13.7. The van der Waals surface area contributed by atoms with Crippen LogP contribution in [0, 0.1) is 17.2 Å². The van der Waals surface area contributed by atoms with Gasteiger partial charge in [-0.1, -0.05) is 13.3 Å². The number of hydrogen-bond donors (Lipinski definition) is 1. The van der Waals surface area contributed by atoms with E-state index in [1.807, 2.05) is 0 Å². The van der Waals surface area contributed by atoms with Crippen molar-refractivity contribution in [2.45, 2.75) is 62.7 Å². The Bertz CT molecular complexity index is 336. The number of rotatable bonds is 3. The van der Waals surface area contributed by atoms with Gasteiger partial charge in [-0.05, 0) is 50.2 Å². The minimum Gasteiger partial charge on any atom is -0.337 e. The van der Waals surface area contributed by atoms with Crippen LogP contribution in [0.15, 0.2) is 0 Å². The van der Waals surface area contributed by atoms with Gasteiger partial charge in [0.05, 0.1) is 11.3 Å². The van der Waals surface area contributed by atoms with E-state index in [-0.39, 0.29) is 11.2 Å². The summed E-state index contributed by atoms with van der Waals surface area (Å²) in [5, 5.41) is 12.6. The molecule has 1 amide bonds. The number of hydrogen-bond acceptors (Lipinski definition) is 3. The van der Waals surface area contributed by atoms with Crippen LogP contribution in [0.4, 0.5) is 0 Å². The van der Waals surface area contributed by atoms with Gasteiger partial charge in [-0.25, -0.2) is 0 Å². The molecule has 4 heteroatoms. The van der Waals surface area contributed by atoms with Crippen LogP contribution < -0.4 is 5.32 Å². The Balaban J connectivity index is 1.92. The van der Waals surface area contributed by atoms with Crippen LogP contribution in [0.25, 0.3) is 0 Å². The third-order valence-electron chi connectivity index (χ3n) is 4.33. The van der Waals surface area contributed by atoms with E-state index >= 15 is 0 Å². The summed E-state index contributed by atoms with van der Waals surface area (Å²) < 4.78 is 0. The number of nitrogens with zero attached hydrogens (tertiary/aromatic N) is 1. The van der Waals surface area contributed by atoms with Gasteiger partial charge in [0, 0.05) is 0 Å². The first-order valence-electron chi connectivity index (χ1n) is 7.04. The lowest BCUT2D eigenvalue weighted by Gasteiger charge is -2.35. The van der Waals surface area contributed by atoms with Gasteiger partial charge in [0.15, 0.2) is 0 Å². The largest absolute Gasteiger partial charge is 0.337 e. The van der Waals surface area contributed by atoms with Crippen molar-refractivity contribution < 1.29 is 4.79 Å². The average molecular weight is 266 g/mol. The van der Waals surface area contributed by atoms with Crippen LogP contribution in [0.5, 0.6) is 0 Å². The third kappa shape index (κ3) is 3.00. The molecular formula is C14H22N2OS. The zero-order chi connectivity index (χ0) is 13.0. The van der Waals surface area contributed by atoms with Gasteiger partial charge in [-0.3, -0.25) is 4.79 Å². The minimum atomic E-state index is -0.577. The molecule has 0 radical (unpaired) electrons. The Labute approximate surface area is 114 Å². The van der Waals surface area contributed by atoms with E-state index in [1.54, 1.807) is 11.8 Å². The highest BCUT2D eigenvalue weighted by Crippen LogP contribution is 2.34. The number of carbonyl (C=O) groups is 1. The van der Waals surface area contributed by atoms with Gasteiger partial charge in [-0.2, -0.15) is 5.26 Å². The minimum absolute atomic E-state index is 0.0825. The molecule has 0 aromatic carbocycles. The Morgan fingerprint density at radius 3 is 2.67 bits per heavy atom. The Hall–Kier alpha value is -0.690. The second-order valence-electron chi connectivity index (χ2n) is 5.54. The van der Waals surface area contributed by atoms with Crippen molar-refractivity contribution >= 4 is 17.7 Å². The fraction of sp³-hybridized carbons (Fsp3) is 0.857. The normalized spacial score (nSPS) is 36.0. The molecule has 1 N–H and O–H groups in total. The first-order valence-corrected chi connectivity index (χ1v) is 8.09. The lowest BCUT2D eigenvalue weighted by Crippen LogP contribution is -2.51. The lowest BCUT2D eigenvalue weighted by molar-refractivity contribution is -0.122. The summed E-state index contributed by atoms with van der Waals surface area (Å²) in [6.07, 6.45) is 7.07. The lowest BCUT2D eigenvalue weighted by atomic mass is 9.76. The standard InChI is InChI=1S/C14H22N2OS/c1-2-11-5-7-14(10-15,8-6-11)16-13(17)12-4-3-9-18-12/h11-12H,2-9H2,1H3,(H,16,17). The maximum Gasteiger partial charge on any atom is 0.234 e. The molecule has 0 bridgehead atoms. The van der Waals surface area contributed by atoms with Crippen molar-refractivity contribution in [2.24, 2.45) is 5.92 Å². The molecular weight excluding hydrogens is 244 g/mol. The summed E-state index contributed by atoms with van der Waals surface area (Å²) in [6.45, 7) is 2.21. The summed E-state index contributed by atoms with van der Waals surface area (Å²) in [4.78, 5) is 12.1. The van der Waals surface area contributed by atoms with Gasteiger partial charge >= 0.3 is 0 Å². The molecule has 3 nitrogen and oxygen atoms in total. The van der Waals surface area contributed by atoms with Crippen LogP contribution in [0.3, 0.4) is 0 Å². The van der Waals surface area contributed by atoms with Crippen molar-refractivity contribution in [1.82, 2.24) is 5.32 Å². The topological polar surface area (TPSA) is 52.9 Å². The molecule has 0 spiro atoms. The fourth-order valence-corrected chi connectivity index (χ4v) is 4.11. The number of carbonyl (C=O) groups excluding carboxylic acids is 1. The molecule has 1 unspecified atom stereocenters. The summed E-state index contributed by atoms with van der Waals surface area (Å²) in [6, 6.07) is 2.38. The number of nitrogens with one attached hydrogen (secondary N) is 1. The van der Waals surface area contributed by atoms with Crippen LogP contribution in [0.1, 0.15) is 51.9 Å². The maximum atomic E-state index is 12.1. The van der Waals surface area contributed by atoms with Gasteiger partial charge in [0.1, 0.15) is 5.54 Å². The zero-order valence-electron chi connectivity index (χ0n) is 11.1. The average Bonchev–Trinajstić information content (AvgIpc) is 2.93. The van der Waals surface area contributed by atoms with Gasteiger partial charge in [0.2, 0.25) is 5.91 Å². The van der Waals surface area contributed by atoms with Gasteiger partial charge in [-0.15, -0.1) is 11.8 Å². The van der Waals surface area contributed by atoms with Crippen molar-refractivity contribution in [3.05, 3.63) is 0 Å². The number of amides is 1. The molecule has 0 aromatic rings. The molecule has 1 atom stereocenters. The van der Waals surface area contributed by atoms with Crippen LogP contribution in [-0.2, 0) is 4.79 Å². The van der Waals surface area contributed by atoms with Crippen molar-refractivity contribution in [2.75, 3.05) is 5.75 Å². The van der Waals surface area contributed by atoms with Crippen molar-refractivity contribution in [1.29, 1.82) is 5.26 Å². The number of nitriles is 1. The van der Waals surface area contributed by atoms with E-state index in [0.29, 0.717) is 0 Å². The van der Waals surface area contributed by atoms with Crippen LogP contribution in [-0.4, -0.2) is 22.4 Å². The fourth-order valence-electron chi connectivity index (χ4n) is 2.94. The Morgan fingerprint density at radius 2 is 2.17 bits per heavy atom. The second kappa shape index (κ2) is 5.97. The summed E-state index contributed by atoms with van der Waals surface area (Å²) in [7, 11) is 0. The van der Waals surface area contributed by atoms with E-state index < -0.39 is 5.54 Å². The third-order valence-corrected chi connectivity index (χ3v) is 5.71. The molecule has 100 valence electrons. The van der Waals surface area contributed by atoms with Crippen molar-refractivity contribution in [3.63, 3.8) is 0 Å². The van der Waals surface area contributed by atoms with Gasteiger partial charge < -0.3 is 5.32 Å². The Morgan fingerprint density at radius 1 is 1.44 bits per heavy atom. The molecule has 0 aromatic heterocycles. The van der Waals surface area contributed by atoms with Crippen molar-refractivity contribution in [3.8, 4) is 6.07 Å². The predicted octanol–water partition coefficient (Wildman–Crippen LogP) is 2.86. The van der Waals surface area contributed by atoms with E-state index in [0.717, 1.165) is 50.2 Å². The quantitative estimate of drug-likeness (QED) is 0.854. The highest BCUT2D eigenvalue weighted by atomic mass is 32.2. The molecule has 18 heavy (non-hydrogen) atoms. The molecule has 1 saturated carbocycles. The highest BCUT2D eigenvalue weighted by molar-refractivity contribution is 8.00. The van der Waals surface area contributed by atoms with Crippen LogP contribution >= 0.6 is 11.8 Å². The zero-order valence-corrected chi connectivity index (χ0v) is 11.9. The predicted molar refractivity (Wildman–Crippen MR) is 74.2 cm³/mol. The molecule has 2 rings (SSSR count). The summed E-state index contributed by atoms with van der Waals surface area (Å²) in [5.74, 6) is 1.91.